The van der Waals surface area contributed by atoms with Crippen LogP contribution in [0, 0.1) is 0 Å². The maximum atomic E-state index is 5.69. The Kier molecular flexibility index (Phi) is 7.24. The first-order valence-electron chi connectivity index (χ1n) is 21.4. The molecule has 0 spiro atoms. The van der Waals surface area contributed by atoms with Crippen LogP contribution in [0.3, 0.4) is 0 Å². The van der Waals surface area contributed by atoms with Gasteiger partial charge in [0.05, 0.1) is 27.6 Å². The second kappa shape index (κ2) is 13.2. The molecule has 14 aromatic rings. The smallest absolute Gasteiger partial charge is 0.163 e. The van der Waals surface area contributed by atoms with Gasteiger partial charge >= 0.3 is 0 Å². The lowest BCUT2D eigenvalue weighted by Gasteiger charge is -2.15. The number of nitrogens with zero attached hydrogens (tertiary/aromatic N) is 4. The van der Waals surface area contributed by atoms with E-state index < -0.39 is 0 Å². The number of fused-ring (bicyclic) bond motifs is 14. The second-order valence-electron chi connectivity index (χ2n) is 16.5. The summed E-state index contributed by atoms with van der Waals surface area (Å²) >= 11 is 1.82. The van der Waals surface area contributed by atoms with Crippen LogP contribution in [0.5, 0.6) is 0 Å². The van der Waals surface area contributed by atoms with Crippen LogP contribution in [0.2, 0.25) is 0 Å². The molecule has 0 saturated heterocycles. The average molecular weight is 819 g/mol. The Bertz CT molecular complexity index is 4120. The first-order chi connectivity index (χ1) is 31.2. The summed E-state index contributed by atoms with van der Waals surface area (Å²) in [5.74, 6) is 1.56. The lowest BCUT2D eigenvalue weighted by Crippen LogP contribution is -2.03. The van der Waals surface area contributed by atoms with Crippen molar-refractivity contribution in [3.05, 3.63) is 206 Å². The van der Waals surface area contributed by atoms with Crippen molar-refractivity contribution in [2.75, 3.05) is 0 Å². The van der Waals surface area contributed by atoms with Crippen LogP contribution < -0.4 is 0 Å². The Balaban J connectivity index is 1.09. The highest BCUT2D eigenvalue weighted by Gasteiger charge is 2.23. The topological polar surface area (TPSA) is 35.6 Å². The number of benzene rings is 10. The summed E-state index contributed by atoms with van der Waals surface area (Å²) in [7, 11) is 0. The molecule has 4 aromatic heterocycles. The van der Waals surface area contributed by atoms with Gasteiger partial charge in [-0.1, -0.05) is 146 Å². The number of hydrogen-bond donors (Lipinski definition) is 0. The third kappa shape index (κ3) is 5.03. The van der Waals surface area contributed by atoms with Gasteiger partial charge in [-0.3, -0.25) is 4.57 Å². The lowest BCUT2D eigenvalue weighted by atomic mass is 10.00. The Morgan fingerprint density at radius 3 is 1.73 bits per heavy atom. The Labute approximate surface area is 365 Å². The summed E-state index contributed by atoms with van der Waals surface area (Å²) in [5.41, 5.74) is 9.94. The maximum absolute atomic E-state index is 5.69. The van der Waals surface area contributed by atoms with Gasteiger partial charge in [-0.25, -0.2) is 9.97 Å². The van der Waals surface area contributed by atoms with Gasteiger partial charge in [-0.05, 0) is 93.3 Å². The molecule has 0 N–H and O–H groups in total. The minimum atomic E-state index is 0.700. The number of para-hydroxylation sites is 2. The summed E-state index contributed by atoms with van der Waals surface area (Å²) < 4.78 is 7.23. The van der Waals surface area contributed by atoms with Crippen molar-refractivity contribution in [1.82, 2.24) is 19.1 Å². The third-order valence-electron chi connectivity index (χ3n) is 13.1. The van der Waals surface area contributed by atoms with Gasteiger partial charge in [0, 0.05) is 58.4 Å². The molecule has 0 aliphatic heterocycles. The SMILES string of the molecule is c1ccc(-c2ccc3c(c2)c2ccccc2n3-c2nc(-c3cc(-n4c5ccc6ccccc6c5c5c6ccccc6ccc54)cc4c3sc3ccccc34)nc3ccccc23)cc1. The predicted octanol–water partition coefficient (Wildman–Crippen LogP) is 15.8. The van der Waals surface area contributed by atoms with Gasteiger partial charge in [-0.2, -0.15) is 0 Å². The Morgan fingerprint density at radius 1 is 0.365 bits per heavy atom. The first kappa shape index (κ1) is 34.6. The van der Waals surface area contributed by atoms with Crippen LogP contribution in [-0.2, 0) is 0 Å². The molecule has 0 bridgehead atoms. The molecule has 0 aliphatic rings. The van der Waals surface area contributed by atoms with Crippen LogP contribution >= 0.6 is 11.3 Å². The first-order valence-corrected chi connectivity index (χ1v) is 22.2. The molecular formula is C58H34N4S. The van der Waals surface area contributed by atoms with E-state index in [9.17, 15) is 0 Å². The molecule has 0 unspecified atom stereocenters. The fraction of sp³-hybridized carbons (Fsp3) is 0. The molecule has 292 valence electrons. The van der Waals surface area contributed by atoms with Crippen molar-refractivity contribution in [3.8, 4) is 34.0 Å². The van der Waals surface area contributed by atoms with Gasteiger partial charge in [0.15, 0.2) is 5.82 Å². The van der Waals surface area contributed by atoms with E-state index in [0.717, 1.165) is 39.0 Å². The number of hydrogen-bond acceptors (Lipinski definition) is 3. The number of aromatic nitrogens is 4. The summed E-state index contributed by atoms with van der Waals surface area (Å²) in [5, 5.41) is 13.3. The normalized spacial score (nSPS) is 12.1. The molecule has 4 nitrogen and oxygen atoms in total. The van der Waals surface area contributed by atoms with Crippen molar-refractivity contribution in [2.45, 2.75) is 0 Å². The number of rotatable bonds is 4. The van der Waals surface area contributed by atoms with Crippen LogP contribution in [0.1, 0.15) is 0 Å². The highest BCUT2D eigenvalue weighted by atomic mass is 32.1. The van der Waals surface area contributed by atoms with Crippen molar-refractivity contribution >= 4 is 108 Å². The molecule has 0 aliphatic carbocycles. The fourth-order valence-electron chi connectivity index (χ4n) is 10.3. The van der Waals surface area contributed by atoms with E-state index in [1.165, 1.54) is 85.4 Å². The van der Waals surface area contributed by atoms with E-state index in [1.54, 1.807) is 0 Å². The maximum Gasteiger partial charge on any atom is 0.163 e. The van der Waals surface area contributed by atoms with E-state index in [2.05, 4.69) is 215 Å². The fourth-order valence-corrected chi connectivity index (χ4v) is 11.5. The van der Waals surface area contributed by atoms with E-state index in [4.69, 9.17) is 9.97 Å². The molecule has 4 heterocycles. The highest BCUT2D eigenvalue weighted by molar-refractivity contribution is 7.26. The zero-order valence-electron chi connectivity index (χ0n) is 33.8. The molecule has 5 heteroatoms. The monoisotopic (exact) mass is 818 g/mol. The minimum absolute atomic E-state index is 0.700. The van der Waals surface area contributed by atoms with Crippen molar-refractivity contribution in [2.24, 2.45) is 0 Å². The molecule has 0 fully saturated rings. The molecule has 0 saturated carbocycles. The average Bonchev–Trinajstić information content (AvgIpc) is 4.01. The Morgan fingerprint density at radius 2 is 0.968 bits per heavy atom. The Hall–Kier alpha value is -8.12. The molecule has 63 heavy (non-hydrogen) atoms. The highest BCUT2D eigenvalue weighted by Crippen LogP contribution is 2.46. The summed E-state index contributed by atoms with van der Waals surface area (Å²) in [4.78, 5) is 11.1. The van der Waals surface area contributed by atoms with Crippen LogP contribution in [0.25, 0.3) is 130 Å². The molecule has 0 atom stereocenters. The molecule has 0 amide bonds. The zero-order valence-corrected chi connectivity index (χ0v) is 34.6. The van der Waals surface area contributed by atoms with E-state index in [1.807, 2.05) is 11.3 Å². The van der Waals surface area contributed by atoms with Gasteiger partial charge in [-0.15, -0.1) is 11.3 Å². The van der Waals surface area contributed by atoms with Gasteiger partial charge in [0.2, 0.25) is 0 Å². The van der Waals surface area contributed by atoms with E-state index in [0.29, 0.717) is 5.82 Å². The number of thiophene rings is 1. The van der Waals surface area contributed by atoms with Crippen LogP contribution in [-0.4, -0.2) is 19.1 Å². The van der Waals surface area contributed by atoms with Crippen molar-refractivity contribution in [3.63, 3.8) is 0 Å². The standard InChI is InChI=1S/C58H34N4S/c1-2-14-35(15-3-1)38-28-29-50-45(32-38)42-20-9-12-24-49(42)62(50)58-44-22-8-11-23-48(44)59-57(60-58)47-34-39(33-46-43-21-10-13-25-53(43)63-56(46)47)61-51-30-26-36-16-4-6-18-40(36)54(51)55-41-19-7-5-17-37(41)27-31-52(55)61/h1-34H. The quantitative estimate of drug-likeness (QED) is 0.177. The summed E-state index contributed by atoms with van der Waals surface area (Å²) in [6, 6.07) is 74.8. The predicted molar refractivity (Wildman–Crippen MR) is 267 cm³/mol. The van der Waals surface area contributed by atoms with Crippen molar-refractivity contribution in [1.29, 1.82) is 0 Å². The van der Waals surface area contributed by atoms with Crippen LogP contribution in [0.4, 0.5) is 0 Å². The van der Waals surface area contributed by atoms with Gasteiger partial charge in [0.1, 0.15) is 5.82 Å². The van der Waals surface area contributed by atoms with Crippen molar-refractivity contribution < 1.29 is 0 Å². The third-order valence-corrected chi connectivity index (χ3v) is 14.3. The molecule has 14 rings (SSSR count). The lowest BCUT2D eigenvalue weighted by molar-refractivity contribution is 1.08. The van der Waals surface area contributed by atoms with E-state index in [-0.39, 0.29) is 0 Å². The molecule has 0 radical (unpaired) electrons. The molecular weight excluding hydrogens is 785 g/mol. The minimum Gasteiger partial charge on any atom is -0.309 e. The second-order valence-corrected chi connectivity index (χ2v) is 17.6. The van der Waals surface area contributed by atoms with Crippen LogP contribution in [0.15, 0.2) is 206 Å². The summed E-state index contributed by atoms with van der Waals surface area (Å²) in [6.07, 6.45) is 0. The largest absolute Gasteiger partial charge is 0.309 e. The summed E-state index contributed by atoms with van der Waals surface area (Å²) in [6.45, 7) is 0. The zero-order chi connectivity index (χ0) is 41.2. The molecule has 10 aromatic carbocycles. The van der Waals surface area contributed by atoms with Gasteiger partial charge < -0.3 is 4.57 Å². The van der Waals surface area contributed by atoms with Gasteiger partial charge in [0.25, 0.3) is 0 Å². The van der Waals surface area contributed by atoms with E-state index >= 15 is 0 Å².